The van der Waals surface area contributed by atoms with E-state index in [4.69, 9.17) is 10.5 Å². The largest absolute Gasteiger partial charge is 0.377 e. The van der Waals surface area contributed by atoms with Gasteiger partial charge in [-0.25, -0.2) is 4.98 Å². The van der Waals surface area contributed by atoms with Crippen LogP contribution in [0.5, 0.6) is 0 Å². The summed E-state index contributed by atoms with van der Waals surface area (Å²) in [6.07, 6.45) is 2.03. The number of nitrogens with two attached hydrogens (primary N) is 1. The Morgan fingerprint density at radius 1 is 1.44 bits per heavy atom. The van der Waals surface area contributed by atoms with Gasteiger partial charge in [-0.3, -0.25) is 4.79 Å². The molecule has 2 N–H and O–H groups in total. The number of para-hydroxylation sites is 1. The lowest BCUT2D eigenvalue weighted by Gasteiger charge is -2.65. The van der Waals surface area contributed by atoms with Crippen molar-refractivity contribution in [2.24, 2.45) is 17.1 Å². The number of hydrogen-bond donors (Lipinski definition) is 1. The fraction of sp³-hybridized carbons (Fsp3) is 0.579. The average Bonchev–Trinajstić information content (AvgIpc) is 3.02. The molecule has 3 unspecified atom stereocenters. The van der Waals surface area contributed by atoms with E-state index in [2.05, 4.69) is 24.9 Å². The van der Waals surface area contributed by atoms with Crippen molar-refractivity contribution in [3.05, 3.63) is 29.3 Å². The van der Waals surface area contributed by atoms with Crippen LogP contribution in [0.3, 0.4) is 0 Å². The van der Waals surface area contributed by atoms with Gasteiger partial charge in [0, 0.05) is 25.0 Å². The molecule has 3 atom stereocenters. The van der Waals surface area contributed by atoms with E-state index in [0.717, 1.165) is 34.7 Å². The second kappa shape index (κ2) is 5.76. The molecule has 2 fully saturated rings. The summed E-state index contributed by atoms with van der Waals surface area (Å²) in [7, 11) is 1.83. The van der Waals surface area contributed by atoms with E-state index in [1.54, 1.807) is 16.2 Å². The maximum atomic E-state index is 13.3. The predicted octanol–water partition coefficient (Wildman–Crippen LogP) is 2.79. The number of aromatic nitrogens is 1. The van der Waals surface area contributed by atoms with E-state index in [1.165, 1.54) is 0 Å². The highest BCUT2D eigenvalue weighted by atomic mass is 32.1. The van der Waals surface area contributed by atoms with Crippen molar-refractivity contribution in [1.29, 1.82) is 0 Å². The molecule has 1 aromatic carbocycles. The lowest BCUT2D eigenvalue weighted by atomic mass is 9.46. The Balaban J connectivity index is 1.55. The van der Waals surface area contributed by atoms with Crippen molar-refractivity contribution < 1.29 is 9.53 Å². The number of hydrogen-bond acceptors (Lipinski definition) is 5. The molecule has 1 saturated heterocycles. The third-order valence-electron chi connectivity index (χ3n) is 6.10. The van der Waals surface area contributed by atoms with E-state index < -0.39 is 5.54 Å². The van der Waals surface area contributed by atoms with Crippen molar-refractivity contribution in [2.45, 2.75) is 44.9 Å². The molecule has 5 nitrogen and oxygen atoms in total. The number of fused-ring (bicyclic) bond motifs is 2. The Hall–Kier alpha value is -1.50. The molecular weight excluding hydrogens is 334 g/mol. The first-order valence-corrected chi connectivity index (χ1v) is 9.68. The van der Waals surface area contributed by atoms with E-state index >= 15 is 0 Å². The maximum absolute atomic E-state index is 13.3. The van der Waals surface area contributed by atoms with Crippen LogP contribution in [0.1, 0.15) is 31.7 Å². The quantitative estimate of drug-likeness (QED) is 0.915. The van der Waals surface area contributed by atoms with E-state index in [1.807, 2.05) is 25.2 Å². The van der Waals surface area contributed by atoms with Crippen LogP contribution in [0.25, 0.3) is 10.2 Å². The summed E-state index contributed by atoms with van der Waals surface area (Å²) in [5, 5.41) is 0.939. The average molecular weight is 359 g/mol. The molecule has 0 spiro atoms. The molecule has 1 aromatic heterocycles. The van der Waals surface area contributed by atoms with Crippen LogP contribution in [-0.4, -0.2) is 41.1 Å². The second-order valence-electron chi connectivity index (χ2n) is 7.87. The van der Waals surface area contributed by atoms with E-state index in [-0.39, 0.29) is 23.3 Å². The van der Waals surface area contributed by atoms with Gasteiger partial charge in [0.25, 0.3) is 0 Å². The molecule has 6 heteroatoms. The van der Waals surface area contributed by atoms with Crippen molar-refractivity contribution >= 4 is 27.5 Å². The topological polar surface area (TPSA) is 68.5 Å². The number of rotatable bonds is 3. The molecule has 25 heavy (non-hydrogen) atoms. The number of likely N-dealkylation sites (N-methyl/N-ethyl adjacent to an activating group) is 1. The zero-order valence-electron chi connectivity index (χ0n) is 15.0. The fourth-order valence-electron chi connectivity index (χ4n) is 4.59. The molecule has 4 rings (SSSR count). The maximum Gasteiger partial charge on any atom is 0.243 e. The summed E-state index contributed by atoms with van der Waals surface area (Å²) in [6.45, 7) is 5.38. The van der Waals surface area contributed by atoms with Crippen molar-refractivity contribution in [1.82, 2.24) is 9.88 Å². The third kappa shape index (κ3) is 2.34. The summed E-state index contributed by atoms with van der Waals surface area (Å²) in [6, 6.07) is 8.05. The lowest BCUT2D eigenvalue weighted by molar-refractivity contribution is -0.229. The first-order valence-electron chi connectivity index (χ1n) is 8.86. The Morgan fingerprint density at radius 3 is 2.96 bits per heavy atom. The van der Waals surface area contributed by atoms with Crippen molar-refractivity contribution in [3.8, 4) is 0 Å². The smallest absolute Gasteiger partial charge is 0.243 e. The zero-order chi connectivity index (χ0) is 17.8. The molecule has 1 amide bonds. The lowest BCUT2D eigenvalue weighted by Crippen LogP contribution is -2.82. The minimum absolute atomic E-state index is 0.00325. The van der Waals surface area contributed by atoms with Gasteiger partial charge in [-0.15, -0.1) is 11.3 Å². The predicted molar refractivity (Wildman–Crippen MR) is 99.3 cm³/mol. The summed E-state index contributed by atoms with van der Waals surface area (Å²) >= 11 is 1.63. The molecule has 2 heterocycles. The number of thiazole rings is 1. The van der Waals surface area contributed by atoms with Gasteiger partial charge in [0.2, 0.25) is 5.91 Å². The Bertz CT molecular complexity index is 785. The minimum atomic E-state index is -0.858. The van der Waals surface area contributed by atoms with Crippen LogP contribution in [0, 0.1) is 11.3 Å². The third-order valence-corrected chi connectivity index (χ3v) is 7.12. The molecule has 2 aromatic rings. The van der Waals surface area contributed by atoms with Gasteiger partial charge >= 0.3 is 0 Å². The van der Waals surface area contributed by atoms with Crippen LogP contribution >= 0.6 is 11.3 Å². The number of nitrogens with zero attached hydrogens (tertiary/aromatic N) is 2. The van der Waals surface area contributed by atoms with Gasteiger partial charge in [-0.2, -0.15) is 0 Å². The summed E-state index contributed by atoms with van der Waals surface area (Å²) in [5.74, 6) is 0.116. The van der Waals surface area contributed by atoms with Gasteiger partial charge in [0.1, 0.15) is 10.5 Å². The van der Waals surface area contributed by atoms with Gasteiger partial charge in [0.05, 0.1) is 22.9 Å². The summed E-state index contributed by atoms with van der Waals surface area (Å²) in [4.78, 5) is 19.6. The molecule has 0 radical (unpaired) electrons. The van der Waals surface area contributed by atoms with Crippen LogP contribution in [-0.2, 0) is 16.1 Å². The molecule has 1 saturated carbocycles. The van der Waals surface area contributed by atoms with Gasteiger partial charge < -0.3 is 15.4 Å². The Kier molecular flexibility index (Phi) is 3.90. The van der Waals surface area contributed by atoms with Gasteiger partial charge in [-0.1, -0.05) is 26.0 Å². The van der Waals surface area contributed by atoms with Crippen molar-refractivity contribution in [3.63, 3.8) is 0 Å². The Morgan fingerprint density at radius 2 is 2.20 bits per heavy atom. The number of carbonyl (C=O) groups is 1. The summed E-state index contributed by atoms with van der Waals surface area (Å²) < 4.78 is 7.06. The molecule has 2 aliphatic rings. The number of amides is 1. The van der Waals surface area contributed by atoms with Gasteiger partial charge in [-0.05, 0) is 25.0 Å². The number of ether oxygens (including phenoxy) is 1. The van der Waals surface area contributed by atoms with Gasteiger partial charge in [0.15, 0.2) is 0 Å². The number of benzene rings is 1. The van der Waals surface area contributed by atoms with Crippen LogP contribution in [0.2, 0.25) is 0 Å². The first-order chi connectivity index (χ1) is 11.9. The normalized spacial score (nSPS) is 30.6. The monoisotopic (exact) mass is 359 g/mol. The van der Waals surface area contributed by atoms with E-state index in [0.29, 0.717) is 6.54 Å². The highest BCUT2D eigenvalue weighted by molar-refractivity contribution is 7.18. The minimum Gasteiger partial charge on any atom is -0.377 e. The SMILES string of the molecule is CN(Cc1nc2ccccc2s1)C(=O)C1(N)C2CCCOC2C1(C)C. The van der Waals surface area contributed by atoms with Crippen LogP contribution in [0.15, 0.2) is 24.3 Å². The van der Waals surface area contributed by atoms with Crippen LogP contribution < -0.4 is 5.73 Å². The number of carbonyl (C=O) groups excluding carboxylic acids is 1. The molecule has 0 bridgehead atoms. The van der Waals surface area contributed by atoms with Crippen molar-refractivity contribution in [2.75, 3.05) is 13.7 Å². The zero-order valence-corrected chi connectivity index (χ0v) is 15.8. The standard InChI is InChI=1S/C19H25N3O2S/c1-18(2)16-12(7-6-10-24-16)19(18,20)17(23)22(3)11-15-21-13-8-4-5-9-14(13)25-15/h4-5,8-9,12,16H,6-7,10-11,20H2,1-3H3. The highest BCUT2D eigenvalue weighted by Gasteiger charge is 2.70. The highest BCUT2D eigenvalue weighted by Crippen LogP contribution is 2.57. The molecular formula is C19H25N3O2S. The fourth-order valence-corrected chi connectivity index (χ4v) is 5.61. The molecule has 1 aliphatic carbocycles. The van der Waals surface area contributed by atoms with E-state index in [9.17, 15) is 4.79 Å². The summed E-state index contributed by atoms with van der Waals surface area (Å²) in [5.41, 5.74) is 6.49. The molecule has 134 valence electrons. The Labute approximate surface area is 152 Å². The molecule has 1 aliphatic heterocycles. The van der Waals surface area contributed by atoms with Crippen LogP contribution in [0.4, 0.5) is 0 Å². The second-order valence-corrected chi connectivity index (χ2v) is 8.98. The first kappa shape index (κ1) is 16.9.